The number of nitrogens with zero attached hydrogens (tertiary/aromatic N) is 1. The molecule has 2 aliphatic carbocycles. The average molecular weight is 222 g/mol. The number of fused-ring (bicyclic) bond motifs is 2. The molecule has 1 aliphatic heterocycles. The first kappa shape index (κ1) is 10.6. The topological polar surface area (TPSA) is 32.3 Å². The summed E-state index contributed by atoms with van der Waals surface area (Å²) in [6, 6.07) is 0.530. The maximum atomic E-state index is 12.4. The second-order valence-electron chi connectivity index (χ2n) is 5.84. The minimum atomic E-state index is 0.384. The highest BCUT2D eigenvalue weighted by Crippen LogP contribution is 2.49. The van der Waals surface area contributed by atoms with Crippen molar-refractivity contribution < 1.29 is 4.79 Å². The van der Waals surface area contributed by atoms with Gasteiger partial charge in [-0.05, 0) is 44.6 Å². The van der Waals surface area contributed by atoms with E-state index in [1.807, 2.05) is 7.05 Å². The van der Waals surface area contributed by atoms with Gasteiger partial charge in [0.25, 0.3) is 0 Å². The van der Waals surface area contributed by atoms with Crippen molar-refractivity contribution in [2.45, 2.75) is 38.1 Å². The molecule has 3 nitrogen and oxygen atoms in total. The Balaban J connectivity index is 1.61. The molecule has 3 rings (SSSR count). The van der Waals surface area contributed by atoms with Crippen molar-refractivity contribution in [1.29, 1.82) is 0 Å². The quantitative estimate of drug-likeness (QED) is 0.762. The van der Waals surface area contributed by atoms with E-state index < -0.39 is 0 Å². The molecule has 0 radical (unpaired) electrons. The van der Waals surface area contributed by atoms with Gasteiger partial charge in [0.1, 0.15) is 0 Å². The van der Waals surface area contributed by atoms with E-state index in [1.54, 1.807) is 0 Å². The van der Waals surface area contributed by atoms with Crippen LogP contribution in [0, 0.1) is 17.8 Å². The van der Waals surface area contributed by atoms with E-state index in [1.165, 1.54) is 25.7 Å². The summed E-state index contributed by atoms with van der Waals surface area (Å²) in [4.78, 5) is 14.5. The van der Waals surface area contributed by atoms with Crippen LogP contribution in [0.2, 0.25) is 0 Å². The van der Waals surface area contributed by atoms with Crippen molar-refractivity contribution >= 4 is 5.91 Å². The van der Waals surface area contributed by atoms with Crippen LogP contribution in [0.25, 0.3) is 0 Å². The summed E-state index contributed by atoms with van der Waals surface area (Å²) in [5.41, 5.74) is 0. The zero-order valence-electron chi connectivity index (χ0n) is 10.1. The molecule has 0 aromatic carbocycles. The predicted molar refractivity (Wildman–Crippen MR) is 63.0 cm³/mol. The number of likely N-dealkylation sites (N-methyl/N-ethyl adjacent to an activating group) is 1. The maximum absolute atomic E-state index is 12.4. The number of carbonyl (C=O) groups excluding carboxylic acids is 1. The van der Waals surface area contributed by atoms with Crippen molar-refractivity contribution in [2.24, 2.45) is 17.8 Å². The Kier molecular flexibility index (Phi) is 2.66. The monoisotopic (exact) mass is 222 g/mol. The molecule has 1 amide bonds. The van der Waals surface area contributed by atoms with Crippen molar-refractivity contribution in [3.8, 4) is 0 Å². The van der Waals surface area contributed by atoms with E-state index in [2.05, 4.69) is 10.2 Å². The van der Waals surface area contributed by atoms with E-state index in [0.717, 1.165) is 31.3 Å². The fourth-order valence-corrected chi connectivity index (χ4v) is 3.98. The van der Waals surface area contributed by atoms with E-state index in [9.17, 15) is 4.79 Å². The van der Waals surface area contributed by atoms with Crippen LogP contribution in [-0.2, 0) is 4.79 Å². The zero-order valence-corrected chi connectivity index (χ0v) is 10.1. The molecular formula is C13H22N2O. The SMILES string of the molecule is CNC1CCN(C(=O)C2CC3CCC2C3)C1. The molecule has 3 heteroatoms. The Morgan fingerprint density at radius 3 is 2.69 bits per heavy atom. The van der Waals surface area contributed by atoms with Crippen molar-refractivity contribution in [3.63, 3.8) is 0 Å². The van der Waals surface area contributed by atoms with Gasteiger partial charge in [-0.2, -0.15) is 0 Å². The summed E-state index contributed by atoms with van der Waals surface area (Å²) < 4.78 is 0. The second-order valence-corrected chi connectivity index (χ2v) is 5.84. The van der Waals surface area contributed by atoms with Crippen molar-refractivity contribution in [2.75, 3.05) is 20.1 Å². The molecule has 1 N–H and O–H groups in total. The largest absolute Gasteiger partial charge is 0.341 e. The van der Waals surface area contributed by atoms with Crippen LogP contribution in [-0.4, -0.2) is 37.0 Å². The zero-order chi connectivity index (χ0) is 11.1. The van der Waals surface area contributed by atoms with Gasteiger partial charge in [0.2, 0.25) is 5.91 Å². The third-order valence-electron chi connectivity index (χ3n) is 4.96. The molecule has 2 bridgehead atoms. The van der Waals surface area contributed by atoms with Crippen LogP contribution < -0.4 is 5.32 Å². The highest BCUT2D eigenvalue weighted by Gasteiger charge is 2.45. The number of carbonyl (C=O) groups is 1. The average Bonchev–Trinajstić information content (AvgIpc) is 3.03. The predicted octanol–water partition coefficient (Wildman–Crippen LogP) is 1.24. The van der Waals surface area contributed by atoms with Gasteiger partial charge >= 0.3 is 0 Å². The Hall–Kier alpha value is -0.570. The third kappa shape index (κ3) is 1.65. The van der Waals surface area contributed by atoms with Gasteiger partial charge in [0.05, 0.1) is 0 Å². The summed E-state index contributed by atoms with van der Waals surface area (Å²) in [6.45, 7) is 1.90. The van der Waals surface area contributed by atoms with E-state index in [0.29, 0.717) is 17.9 Å². The minimum absolute atomic E-state index is 0.384. The number of amides is 1. The summed E-state index contributed by atoms with van der Waals surface area (Å²) in [7, 11) is 2.00. The lowest BCUT2D eigenvalue weighted by Crippen LogP contribution is -2.38. The molecule has 4 atom stereocenters. The minimum Gasteiger partial charge on any atom is -0.341 e. The molecule has 0 aromatic rings. The van der Waals surface area contributed by atoms with E-state index in [-0.39, 0.29) is 0 Å². The molecule has 1 heterocycles. The summed E-state index contributed by atoms with van der Waals surface area (Å²) in [5, 5.41) is 3.28. The van der Waals surface area contributed by atoms with Crippen molar-refractivity contribution in [3.05, 3.63) is 0 Å². The normalized spacial score (nSPS) is 41.9. The lowest BCUT2D eigenvalue weighted by Gasteiger charge is -2.26. The molecule has 3 fully saturated rings. The fraction of sp³-hybridized carbons (Fsp3) is 0.923. The first-order chi connectivity index (χ1) is 7.78. The number of likely N-dealkylation sites (tertiary alicyclic amines) is 1. The van der Waals surface area contributed by atoms with Crippen LogP contribution in [0.15, 0.2) is 0 Å². The number of rotatable bonds is 2. The first-order valence-corrected chi connectivity index (χ1v) is 6.74. The number of nitrogens with one attached hydrogen (secondary N) is 1. The van der Waals surface area contributed by atoms with Crippen LogP contribution in [0.5, 0.6) is 0 Å². The highest BCUT2D eigenvalue weighted by atomic mass is 16.2. The molecule has 0 spiro atoms. The maximum Gasteiger partial charge on any atom is 0.226 e. The molecule has 4 unspecified atom stereocenters. The van der Waals surface area contributed by atoms with E-state index in [4.69, 9.17) is 0 Å². The standard InChI is InChI=1S/C13H22N2O/c1-14-11-4-5-15(8-11)13(16)12-7-9-2-3-10(12)6-9/h9-12,14H,2-8H2,1H3. The lowest BCUT2D eigenvalue weighted by atomic mass is 9.88. The smallest absolute Gasteiger partial charge is 0.226 e. The number of hydrogen-bond acceptors (Lipinski definition) is 2. The van der Waals surface area contributed by atoms with Crippen LogP contribution in [0.1, 0.15) is 32.1 Å². The van der Waals surface area contributed by atoms with E-state index >= 15 is 0 Å². The fourth-order valence-electron chi connectivity index (χ4n) is 3.98. The van der Waals surface area contributed by atoms with Crippen LogP contribution in [0.3, 0.4) is 0 Å². The van der Waals surface area contributed by atoms with Gasteiger partial charge in [-0.25, -0.2) is 0 Å². The Morgan fingerprint density at radius 2 is 2.12 bits per heavy atom. The first-order valence-electron chi connectivity index (χ1n) is 6.74. The summed E-state index contributed by atoms with van der Waals surface area (Å²) >= 11 is 0. The van der Waals surface area contributed by atoms with Gasteiger partial charge in [-0.15, -0.1) is 0 Å². The van der Waals surface area contributed by atoms with Gasteiger partial charge in [0, 0.05) is 25.0 Å². The summed E-state index contributed by atoms with van der Waals surface area (Å²) in [6.07, 6.45) is 6.34. The van der Waals surface area contributed by atoms with Crippen LogP contribution in [0.4, 0.5) is 0 Å². The molecule has 2 saturated carbocycles. The molecular weight excluding hydrogens is 200 g/mol. The summed E-state index contributed by atoms with van der Waals surface area (Å²) in [5.74, 6) is 2.45. The molecule has 3 aliphatic rings. The van der Waals surface area contributed by atoms with Crippen molar-refractivity contribution in [1.82, 2.24) is 10.2 Å². The van der Waals surface area contributed by atoms with Gasteiger partial charge < -0.3 is 10.2 Å². The lowest BCUT2D eigenvalue weighted by molar-refractivity contribution is -0.136. The Bertz CT molecular complexity index is 292. The molecule has 1 saturated heterocycles. The number of hydrogen-bond donors (Lipinski definition) is 1. The van der Waals surface area contributed by atoms with Gasteiger partial charge in [0.15, 0.2) is 0 Å². The van der Waals surface area contributed by atoms with Crippen LogP contribution >= 0.6 is 0 Å². The molecule has 90 valence electrons. The molecule has 0 aromatic heterocycles. The van der Waals surface area contributed by atoms with Gasteiger partial charge in [-0.1, -0.05) is 6.42 Å². The molecule has 16 heavy (non-hydrogen) atoms. The van der Waals surface area contributed by atoms with Gasteiger partial charge in [-0.3, -0.25) is 4.79 Å². The highest BCUT2D eigenvalue weighted by molar-refractivity contribution is 5.80. The second kappa shape index (κ2) is 4.02. The Morgan fingerprint density at radius 1 is 1.25 bits per heavy atom. The third-order valence-corrected chi connectivity index (χ3v) is 4.96. The Labute approximate surface area is 97.6 Å².